The Hall–Kier alpha value is -3.65. The molecule has 142 valence electrons. The normalized spacial score (nSPS) is 10.6. The van der Waals surface area contributed by atoms with Gasteiger partial charge in [0.25, 0.3) is 0 Å². The molecule has 4 aromatic rings. The zero-order valence-electron chi connectivity index (χ0n) is 16.6. The number of nitrogens with one attached hydrogen (secondary N) is 1. The van der Waals surface area contributed by atoms with Gasteiger partial charge in [-0.25, -0.2) is 0 Å². The molecule has 0 radical (unpaired) electrons. The summed E-state index contributed by atoms with van der Waals surface area (Å²) >= 11 is 0. The highest BCUT2D eigenvalue weighted by atomic mass is 16.1. The number of benzene rings is 4. The molecule has 1 amide bonds. The number of hydrogen-bond acceptors (Lipinski definition) is 1. The summed E-state index contributed by atoms with van der Waals surface area (Å²) in [6.45, 7) is 3.61. The largest absolute Gasteiger partial charge is 0.326 e. The molecule has 0 heterocycles. The summed E-state index contributed by atoms with van der Waals surface area (Å²) in [5.74, 6) is -0.0741. The van der Waals surface area contributed by atoms with E-state index in [0.717, 1.165) is 27.9 Å². The van der Waals surface area contributed by atoms with Crippen molar-refractivity contribution in [2.75, 3.05) is 5.32 Å². The molecule has 0 atom stereocenters. The average molecular weight is 377 g/mol. The fraction of sp³-hybridized carbons (Fsp3) is 0.0741. The maximum absolute atomic E-state index is 11.8. The van der Waals surface area contributed by atoms with Crippen molar-refractivity contribution in [3.05, 3.63) is 103 Å². The number of carbonyl (C=O) groups excluding carboxylic acids is 1. The topological polar surface area (TPSA) is 29.1 Å². The Morgan fingerprint density at radius 1 is 0.621 bits per heavy atom. The lowest BCUT2D eigenvalue weighted by molar-refractivity contribution is -0.114. The van der Waals surface area contributed by atoms with E-state index in [9.17, 15) is 4.79 Å². The van der Waals surface area contributed by atoms with Gasteiger partial charge < -0.3 is 5.32 Å². The second kappa shape index (κ2) is 8.15. The van der Waals surface area contributed by atoms with Gasteiger partial charge in [0.15, 0.2) is 0 Å². The first-order valence-electron chi connectivity index (χ1n) is 9.75. The van der Waals surface area contributed by atoms with Crippen LogP contribution in [0.4, 0.5) is 5.69 Å². The molecule has 0 aliphatic rings. The number of amides is 1. The molecule has 1 N–H and O–H groups in total. The van der Waals surface area contributed by atoms with Gasteiger partial charge in [0.1, 0.15) is 0 Å². The fourth-order valence-corrected chi connectivity index (χ4v) is 3.49. The Bertz CT molecular complexity index is 1130. The van der Waals surface area contributed by atoms with Crippen LogP contribution in [-0.2, 0) is 4.79 Å². The van der Waals surface area contributed by atoms with Gasteiger partial charge in [-0.05, 0) is 40.8 Å². The second-order valence-electron chi connectivity index (χ2n) is 7.25. The van der Waals surface area contributed by atoms with E-state index >= 15 is 0 Å². The Morgan fingerprint density at radius 3 is 1.76 bits per heavy atom. The summed E-state index contributed by atoms with van der Waals surface area (Å²) < 4.78 is 0. The summed E-state index contributed by atoms with van der Waals surface area (Å²) in [6.07, 6.45) is 0. The van der Waals surface area contributed by atoms with Gasteiger partial charge >= 0.3 is 0 Å². The van der Waals surface area contributed by atoms with Crippen molar-refractivity contribution in [2.24, 2.45) is 0 Å². The van der Waals surface area contributed by atoms with Gasteiger partial charge in [-0.3, -0.25) is 4.79 Å². The van der Waals surface area contributed by atoms with E-state index in [-0.39, 0.29) is 5.91 Å². The smallest absolute Gasteiger partial charge is 0.221 e. The molecule has 0 unspecified atom stereocenters. The molecule has 0 saturated heterocycles. The van der Waals surface area contributed by atoms with Crippen LogP contribution in [0.1, 0.15) is 12.5 Å². The molecular formula is C27H23NO. The Balaban J connectivity index is 1.71. The molecule has 0 aromatic heterocycles. The molecule has 0 bridgehead atoms. The summed E-state index contributed by atoms with van der Waals surface area (Å²) in [6, 6.07) is 33.5. The first kappa shape index (κ1) is 18.7. The Labute approximate surface area is 171 Å². The second-order valence-corrected chi connectivity index (χ2v) is 7.25. The van der Waals surface area contributed by atoms with Gasteiger partial charge in [0.2, 0.25) is 5.91 Å². The zero-order chi connectivity index (χ0) is 20.2. The fourth-order valence-electron chi connectivity index (χ4n) is 3.49. The van der Waals surface area contributed by atoms with Crippen LogP contribution in [0.15, 0.2) is 97.1 Å². The van der Waals surface area contributed by atoms with E-state index < -0.39 is 0 Å². The standard InChI is InChI=1S/C27H23NO/c1-19-8-10-24(11-9-19)26-17-16-25(18-27(26)28-20(2)29)23-14-12-22(13-15-23)21-6-4-3-5-7-21/h3-18H,1-2H3,(H,28,29). The van der Waals surface area contributed by atoms with Crippen LogP contribution in [0.5, 0.6) is 0 Å². The lowest BCUT2D eigenvalue weighted by Crippen LogP contribution is -2.07. The molecule has 4 rings (SSSR count). The number of aryl methyl sites for hydroxylation is 1. The molecule has 0 spiro atoms. The molecule has 0 fully saturated rings. The van der Waals surface area contributed by atoms with Crippen LogP contribution in [0.25, 0.3) is 33.4 Å². The highest BCUT2D eigenvalue weighted by Crippen LogP contribution is 2.33. The van der Waals surface area contributed by atoms with Crippen LogP contribution >= 0.6 is 0 Å². The van der Waals surface area contributed by atoms with E-state index in [1.807, 2.05) is 24.3 Å². The summed E-state index contributed by atoms with van der Waals surface area (Å²) in [4.78, 5) is 11.8. The maximum atomic E-state index is 11.8. The number of hydrogen-bond donors (Lipinski definition) is 1. The van der Waals surface area contributed by atoms with Crippen LogP contribution in [-0.4, -0.2) is 5.91 Å². The molecule has 2 heteroatoms. The van der Waals surface area contributed by atoms with Gasteiger partial charge in [-0.1, -0.05) is 96.6 Å². The first-order valence-corrected chi connectivity index (χ1v) is 9.75. The molecule has 0 aliphatic heterocycles. The van der Waals surface area contributed by atoms with E-state index in [1.54, 1.807) is 6.92 Å². The van der Waals surface area contributed by atoms with Crippen molar-refractivity contribution in [2.45, 2.75) is 13.8 Å². The minimum atomic E-state index is -0.0741. The highest BCUT2D eigenvalue weighted by molar-refractivity contribution is 5.95. The minimum Gasteiger partial charge on any atom is -0.326 e. The number of rotatable bonds is 4. The van der Waals surface area contributed by atoms with Gasteiger partial charge in [0, 0.05) is 18.2 Å². The summed E-state index contributed by atoms with van der Waals surface area (Å²) in [7, 11) is 0. The van der Waals surface area contributed by atoms with Gasteiger partial charge in [0.05, 0.1) is 0 Å². The SMILES string of the molecule is CC(=O)Nc1cc(-c2ccc(-c3ccccc3)cc2)ccc1-c1ccc(C)cc1. The van der Waals surface area contributed by atoms with Crippen molar-refractivity contribution in [1.29, 1.82) is 0 Å². The van der Waals surface area contributed by atoms with Crippen LogP contribution < -0.4 is 5.32 Å². The summed E-state index contributed by atoms with van der Waals surface area (Å²) in [5, 5.41) is 2.99. The van der Waals surface area contributed by atoms with Crippen LogP contribution in [0, 0.1) is 6.92 Å². The number of carbonyl (C=O) groups is 1. The van der Waals surface area contributed by atoms with Crippen molar-refractivity contribution in [3.63, 3.8) is 0 Å². The molecular weight excluding hydrogens is 354 g/mol. The lowest BCUT2D eigenvalue weighted by Gasteiger charge is -2.13. The van der Waals surface area contributed by atoms with E-state index in [2.05, 4.69) is 85.0 Å². The third-order valence-corrected chi connectivity index (χ3v) is 5.02. The zero-order valence-corrected chi connectivity index (χ0v) is 16.6. The molecule has 29 heavy (non-hydrogen) atoms. The van der Waals surface area contributed by atoms with Crippen molar-refractivity contribution in [3.8, 4) is 33.4 Å². The van der Waals surface area contributed by atoms with Gasteiger partial charge in [-0.15, -0.1) is 0 Å². The predicted octanol–water partition coefficient (Wildman–Crippen LogP) is 6.95. The van der Waals surface area contributed by atoms with Crippen LogP contribution in [0.2, 0.25) is 0 Å². The maximum Gasteiger partial charge on any atom is 0.221 e. The molecule has 0 saturated carbocycles. The third kappa shape index (κ3) is 4.27. The summed E-state index contributed by atoms with van der Waals surface area (Å²) in [5.41, 5.74) is 8.72. The van der Waals surface area contributed by atoms with E-state index in [1.165, 1.54) is 16.7 Å². The van der Waals surface area contributed by atoms with Crippen LogP contribution in [0.3, 0.4) is 0 Å². The molecule has 2 nitrogen and oxygen atoms in total. The lowest BCUT2D eigenvalue weighted by atomic mass is 9.96. The third-order valence-electron chi connectivity index (χ3n) is 5.02. The number of anilines is 1. The molecule has 0 aliphatic carbocycles. The average Bonchev–Trinajstić information content (AvgIpc) is 2.75. The monoisotopic (exact) mass is 377 g/mol. The van der Waals surface area contributed by atoms with Crippen molar-refractivity contribution < 1.29 is 4.79 Å². The highest BCUT2D eigenvalue weighted by Gasteiger charge is 2.09. The minimum absolute atomic E-state index is 0.0741. The van der Waals surface area contributed by atoms with Crippen molar-refractivity contribution >= 4 is 11.6 Å². The van der Waals surface area contributed by atoms with Gasteiger partial charge in [-0.2, -0.15) is 0 Å². The van der Waals surface area contributed by atoms with Crippen molar-refractivity contribution in [1.82, 2.24) is 0 Å². The Morgan fingerprint density at radius 2 is 1.14 bits per heavy atom. The molecule has 4 aromatic carbocycles. The first-order chi connectivity index (χ1) is 14.1. The quantitative estimate of drug-likeness (QED) is 0.409. The Kier molecular flexibility index (Phi) is 5.26. The van der Waals surface area contributed by atoms with E-state index in [0.29, 0.717) is 0 Å². The van der Waals surface area contributed by atoms with E-state index in [4.69, 9.17) is 0 Å². The predicted molar refractivity (Wildman–Crippen MR) is 122 cm³/mol.